The number of hydrogen-bond acceptors (Lipinski definition) is 8. The largest absolute Gasteiger partial charge is 0.493 e. The topological polar surface area (TPSA) is 93.4 Å². The molecule has 9 heteroatoms. The van der Waals surface area contributed by atoms with E-state index in [1.807, 2.05) is 6.07 Å². The molecule has 0 atom stereocenters. The first-order valence-electron chi connectivity index (χ1n) is 15.8. The minimum Gasteiger partial charge on any atom is -0.493 e. The fraction of sp³-hybridized carbons (Fsp3) is 0.528. The number of nitrogens with zero attached hydrogens (tertiary/aromatic N) is 1. The monoisotopic (exact) mass is 620 g/mol. The molecule has 2 aliphatic heterocycles. The lowest BCUT2D eigenvalue weighted by Crippen LogP contribution is -2.44. The van der Waals surface area contributed by atoms with Crippen LogP contribution < -0.4 is 23.5 Å². The highest BCUT2D eigenvalue weighted by Crippen LogP contribution is 2.42. The Balaban J connectivity index is 1.27. The van der Waals surface area contributed by atoms with Crippen LogP contribution in [0.1, 0.15) is 79.7 Å². The van der Waals surface area contributed by atoms with Gasteiger partial charge in [-0.15, -0.1) is 0 Å². The summed E-state index contributed by atoms with van der Waals surface area (Å²) in [6, 6.07) is 10.3. The van der Waals surface area contributed by atoms with Crippen LogP contribution in [-0.4, -0.2) is 43.7 Å². The van der Waals surface area contributed by atoms with Crippen molar-refractivity contribution in [2.24, 2.45) is 5.41 Å². The number of benzene rings is 2. The maximum atomic E-state index is 13.2. The average molecular weight is 621 g/mol. The van der Waals surface area contributed by atoms with E-state index < -0.39 is 28.6 Å². The summed E-state index contributed by atoms with van der Waals surface area (Å²) in [6.07, 6.45) is 5.47. The number of rotatable bonds is 10. The summed E-state index contributed by atoms with van der Waals surface area (Å²) in [5, 5.41) is 2.03. The number of esters is 2. The van der Waals surface area contributed by atoms with E-state index in [1.54, 1.807) is 55.6 Å². The molecule has 9 nitrogen and oxygen atoms in total. The van der Waals surface area contributed by atoms with Gasteiger partial charge < -0.3 is 28.4 Å². The van der Waals surface area contributed by atoms with Crippen molar-refractivity contribution in [2.45, 2.75) is 98.3 Å². The summed E-state index contributed by atoms with van der Waals surface area (Å²) in [4.78, 5) is 26.3. The molecule has 0 saturated carbocycles. The summed E-state index contributed by atoms with van der Waals surface area (Å²) < 4.78 is 36.8. The summed E-state index contributed by atoms with van der Waals surface area (Å²) in [7, 11) is 1.65. The predicted octanol–water partition coefficient (Wildman–Crippen LogP) is 6.72. The van der Waals surface area contributed by atoms with Crippen molar-refractivity contribution >= 4 is 22.7 Å². The minimum absolute atomic E-state index is 0.253. The van der Waals surface area contributed by atoms with Crippen molar-refractivity contribution in [1.29, 1.82) is 0 Å². The molecule has 242 valence electrons. The van der Waals surface area contributed by atoms with Gasteiger partial charge in [0.1, 0.15) is 11.2 Å². The van der Waals surface area contributed by atoms with Crippen molar-refractivity contribution in [3.63, 3.8) is 0 Å². The Bertz CT molecular complexity index is 1570. The number of carbonyl (C=O) groups excluding carboxylic acids is 2. The van der Waals surface area contributed by atoms with Crippen LogP contribution in [-0.2, 0) is 32.0 Å². The molecule has 0 radical (unpaired) electrons. The number of pyridine rings is 1. The molecule has 2 aliphatic rings. The third kappa shape index (κ3) is 7.13. The van der Waals surface area contributed by atoms with E-state index in [-0.39, 0.29) is 6.79 Å². The van der Waals surface area contributed by atoms with Crippen molar-refractivity contribution in [2.75, 3.05) is 20.5 Å². The van der Waals surface area contributed by atoms with Crippen LogP contribution in [0.15, 0.2) is 36.5 Å². The van der Waals surface area contributed by atoms with E-state index in [2.05, 4.69) is 35.0 Å². The Hall–Kier alpha value is -4.01. The van der Waals surface area contributed by atoms with Crippen LogP contribution in [0, 0.1) is 5.41 Å². The first kappa shape index (κ1) is 32.4. The number of hydrogen-bond donors (Lipinski definition) is 0. The molecule has 0 unspecified atom stereocenters. The molecule has 3 heterocycles. The Kier molecular flexibility index (Phi) is 8.93. The van der Waals surface area contributed by atoms with Crippen molar-refractivity contribution in [3.8, 4) is 34.3 Å². The number of methoxy groups -OCH3 is 1. The fourth-order valence-corrected chi connectivity index (χ4v) is 5.71. The summed E-state index contributed by atoms with van der Waals surface area (Å²) >= 11 is 0. The third-order valence-electron chi connectivity index (χ3n) is 8.06. The zero-order chi connectivity index (χ0) is 32.6. The normalized spacial score (nSPS) is 14.0. The quantitative estimate of drug-likeness (QED) is 0.107. The van der Waals surface area contributed by atoms with Gasteiger partial charge in [0.2, 0.25) is 12.5 Å². The van der Waals surface area contributed by atoms with Crippen LogP contribution in [0.25, 0.3) is 22.0 Å². The van der Waals surface area contributed by atoms with Crippen LogP contribution >= 0.6 is 0 Å². The molecule has 0 amide bonds. The van der Waals surface area contributed by atoms with E-state index in [4.69, 9.17) is 28.4 Å². The number of carbonyl (C=O) groups is 2. The van der Waals surface area contributed by atoms with Gasteiger partial charge in [0.15, 0.2) is 41.2 Å². The lowest BCUT2D eigenvalue weighted by atomic mass is 9.84. The van der Waals surface area contributed by atoms with Crippen molar-refractivity contribution < 1.29 is 42.6 Å². The second kappa shape index (κ2) is 12.4. The second-order valence-electron chi connectivity index (χ2n) is 14.1. The highest BCUT2D eigenvalue weighted by atomic mass is 16.7. The smallest absolute Gasteiger partial charge is 0.323 e. The minimum atomic E-state index is -1.39. The van der Waals surface area contributed by atoms with Crippen LogP contribution in [0.4, 0.5) is 0 Å². The van der Waals surface area contributed by atoms with Gasteiger partial charge in [0.25, 0.3) is 0 Å². The molecular weight excluding hydrogens is 574 g/mol. The first-order valence-corrected chi connectivity index (χ1v) is 15.8. The summed E-state index contributed by atoms with van der Waals surface area (Å²) in [6.45, 7) is 13.9. The van der Waals surface area contributed by atoms with Gasteiger partial charge in [0.05, 0.1) is 24.7 Å². The Morgan fingerprint density at radius 3 is 2.18 bits per heavy atom. The maximum Gasteiger partial charge on any atom is 0.323 e. The van der Waals surface area contributed by atoms with Gasteiger partial charge in [-0.25, -0.2) is 0 Å². The summed E-state index contributed by atoms with van der Waals surface area (Å²) in [5.74, 6) is 1.84. The third-order valence-corrected chi connectivity index (χ3v) is 8.06. The zero-order valence-electron chi connectivity index (χ0n) is 27.8. The second-order valence-corrected chi connectivity index (χ2v) is 14.1. The average Bonchev–Trinajstić information content (AvgIpc) is 3.42. The predicted molar refractivity (Wildman–Crippen MR) is 170 cm³/mol. The summed E-state index contributed by atoms with van der Waals surface area (Å²) in [5.41, 5.74) is 0.699. The van der Waals surface area contributed by atoms with Gasteiger partial charge in [0, 0.05) is 12.5 Å². The Morgan fingerprint density at radius 1 is 0.867 bits per heavy atom. The molecule has 0 saturated heterocycles. The first-order chi connectivity index (χ1) is 21.2. The molecule has 45 heavy (non-hydrogen) atoms. The van der Waals surface area contributed by atoms with E-state index in [9.17, 15) is 9.59 Å². The Morgan fingerprint density at radius 2 is 1.53 bits per heavy atom. The molecule has 0 bridgehead atoms. The van der Waals surface area contributed by atoms with E-state index in [0.29, 0.717) is 30.9 Å². The number of ether oxygens (including phenoxy) is 6. The van der Waals surface area contributed by atoms with Crippen LogP contribution in [0.5, 0.6) is 23.0 Å². The van der Waals surface area contributed by atoms with Gasteiger partial charge in [-0.3, -0.25) is 9.59 Å². The lowest BCUT2D eigenvalue weighted by molar-refractivity contribution is -0.686. The molecule has 0 aliphatic carbocycles. The van der Waals surface area contributed by atoms with Gasteiger partial charge in [-0.05, 0) is 96.5 Å². The molecule has 2 aromatic carbocycles. The zero-order valence-corrected chi connectivity index (χ0v) is 27.8. The SMILES string of the molecule is COc1ccc2cc3[n+](cc2c1OCCCCCC(C)(C(=O)OC(C)(C)C)C(=O)OC(C)(C)C)CCc1cc2c(cc1-3)OCO2. The molecule has 3 aromatic rings. The highest BCUT2D eigenvalue weighted by molar-refractivity contribution is 6.00. The van der Waals surface area contributed by atoms with Crippen LogP contribution in [0.2, 0.25) is 0 Å². The number of fused-ring (bicyclic) bond motifs is 5. The Labute approximate surface area is 265 Å². The molecule has 0 fully saturated rings. The molecule has 1 aromatic heterocycles. The van der Waals surface area contributed by atoms with E-state index in [0.717, 1.165) is 59.3 Å². The van der Waals surface area contributed by atoms with Gasteiger partial charge in [-0.1, -0.05) is 12.8 Å². The number of aryl methyl sites for hydroxylation is 2. The van der Waals surface area contributed by atoms with Gasteiger partial charge >= 0.3 is 11.9 Å². The standard InChI is InChI=1S/C36H46NO8/c1-34(2,3)44-32(38)36(7,33(39)45-35(4,5)6)15-10-9-11-17-41-31-26-21-37-16-14-24-19-29-30(43-22-42-29)20-25(24)27(37)18-23(26)12-13-28(31)40-8/h12-13,18-21H,9-11,14-17,22H2,1-8H3/q+1. The van der Waals surface area contributed by atoms with Gasteiger partial charge in [-0.2, -0.15) is 4.57 Å². The van der Waals surface area contributed by atoms with E-state index in [1.165, 1.54) is 5.56 Å². The van der Waals surface area contributed by atoms with E-state index >= 15 is 0 Å². The number of aromatic nitrogens is 1. The molecule has 0 N–H and O–H groups in total. The molecular formula is C36H46NO8+. The fourth-order valence-electron chi connectivity index (χ4n) is 5.71. The maximum absolute atomic E-state index is 13.2. The highest BCUT2D eigenvalue weighted by Gasteiger charge is 2.46. The van der Waals surface area contributed by atoms with Crippen LogP contribution in [0.3, 0.4) is 0 Å². The van der Waals surface area contributed by atoms with Crippen molar-refractivity contribution in [1.82, 2.24) is 0 Å². The lowest BCUT2D eigenvalue weighted by Gasteiger charge is -2.32. The number of unbranched alkanes of at least 4 members (excludes halogenated alkanes) is 2. The van der Waals surface area contributed by atoms with Crippen molar-refractivity contribution in [3.05, 3.63) is 42.1 Å². The molecule has 5 rings (SSSR count). The molecule has 0 spiro atoms.